The zero-order valence-electron chi connectivity index (χ0n) is 11.7. The van der Waals surface area contributed by atoms with Crippen molar-refractivity contribution < 1.29 is 9.47 Å². The van der Waals surface area contributed by atoms with Crippen LogP contribution >= 0.6 is 0 Å². The first-order valence-corrected chi connectivity index (χ1v) is 7.21. The minimum absolute atomic E-state index is 0.0780. The van der Waals surface area contributed by atoms with E-state index in [2.05, 4.69) is 6.07 Å². The maximum atomic E-state index is 9.27. The van der Waals surface area contributed by atoms with Crippen molar-refractivity contribution in [3.05, 3.63) is 60.2 Å². The zero-order chi connectivity index (χ0) is 14.5. The number of rotatable bonds is 3. The first-order chi connectivity index (χ1) is 10.4. The van der Waals surface area contributed by atoms with Crippen molar-refractivity contribution in [3.8, 4) is 17.6 Å². The van der Waals surface area contributed by atoms with Gasteiger partial charge in [0.1, 0.15) is 11.5 Å². The summed E-state index contributed by atoms with van der Waals surface area (Å²) in [5.41, 5.74) is 1.01. The normalized spacial score (nSPS) is 21.5. The van der Waals surface area contributed by atoms with Crippen LogP contribution in [0.15, 0.2) is 54.6 Å². The summed E-state index contributed by atoms with van der Waals surface area (Å²) in [7, 11) is 0. The summed E-state index contributed by atoms with van der Waals surface area (Å²) in [4.78, 5) is 0. The molecule has 3 rings (SSSR count). The fraction of sp³-hybridized carbons (Fsp3) is 0.278. The molecular formula is C18H17NO2. The van der Waals surface area contributed by atoms with E-state index in [0.717, 1.165) is 29.9 Å². The van der Waals surface area contributed by atoms with Gasteiger partial charge in [0.05, 0.1) is 18.1 Å². The van der Waals surface area contributed by atoms with E-state index in [9.17, 15) is 5.26 Å². The second kappa shape index (κ2) is 6.43. The molecule has 106 valence electrons. The monoisotopic (exact) mass is 279 g/mol. The Morgan fingerprint density at radius 1 is 1.05 bits per heavy atom. The van der Waals surface area contributed by atoms with Crippen molar-refractivity contribution in [2.45, 2.75) is 18.9 Å². The molecule has 0 N–H and O–H groups in total. The third-order valence-corrected chi connectivity index (χ3v) is 3.65. The zero-order valence-corrected chi connectivity index (χ0v) is 11.7. The van der Waals surface area contributed by atoms with E-state index in [0.29, 0.717) is 6.61 Å². The fourth-order valence-electron chi connectivity index (χ4n) is 2.62. The lowest BCUT2D eigenvalue weighted by atomic mass is 9.91. The SMILES string of the molecule is N#CC1CCCOC1c1cccc(Oc2ccccc2)c1. The van der Waals surface area contributed by atoms with Crippen LogP contribution in [0.25, 0.3) is 0 Å². The van der Waals surface area contributed by atoms with Crippen LogP contribution in [0.3, 0.4) is 0 Å². The third kappa shape index (κ3) is 3.24. The van der Waals surface area contributed by atoms with Crippen LogP contribution in [-0.2, 0) is 4.74 Å². The Morgan fingerprint density at radius 3 is 2.67 bits per heavy atom. The highest BCUT2D eigenvalue weighted by molar-refractivity contribution is 5.35. The molecule has 0 aromatic heterocycles. The number of hydrogen-bond donors (Lipinski definition) is 0. The highest BCUT2D eigenvalue weighted by Crippen LogP contribution is 2.35. The molecule has 0 saturated carbocycles. The molecule has 21 heavy (non-hydrogen) atoms. The van der Waals surface area contributed by atoms with Gasteiger partial charge < -0.3 is 9.47 Å². The third-order valence-electron chi connectivity index (χ3n) is 3.65. The molecule has 2 aromatic carbocycles. The Morgan fingerprint density at radius 2 is 1.86 bits per heavy atom. The van der Waals surface area contributed by atoms with Gasteiger partial charge in [-0.15, -0.1) is 0 Å². The van der Waals surface area contributed by atoms with Crippen LogP contribution in [0.2, 0.25) is 0 Å². The van der Waals surface area contributed by atoms with Gasteiger partial charge in [-0.3, -0.25) is 0 Å². The number of para-hydroxylation sites is 1. The van der Waals surface area contributed by atoms with E-state index in [1.807, 2.05) is 54.6 Å². The molecule has 1 saturated heterocycles. The Kier molecular flexibility index (Phi) is 4.18. The molecule has 1 heterocycles. The Bertz CT molecular complexity index is 633. The number of nitrogens with zero attached hydrogens (tertiary/aromatic N) is 1. The average molecular weight is 279 g/mol. The first-order valence-electron chi connectivity index (χ1n) is 7.21. The van der Waals surface area contributed by atoms with Gasteiger partial charge in [0, 0.05) is 6.61 Å². The second-order valence-electron chi connectivity index (χ2n) is 5.16. The Hall–Kier alpha value is -2.31. The van der Waals surface area contributed by atoms with Crippen LogP contribution in [0, 0.1) is 17.2 Å². The predicted octanol–water partition coefficient (Wildman–Crippen LogP) is 4.47. The molecule has 0 aliphatic carbocycles. The topological polar surface area (TPSA) is 42.2 Å². The lowest BCUT2D eigenvalue weighted by Crippen LogP contribution is -2.21. The van der Waals surface area contributed by atoms with E-state index < -0.39 is 0 Å². The van der Waals surface area contributed by atoms with Crippen LogP contribution in [0.4, 0.5) is 0 Å². The predicted molar refractivity (Wildman–Crippen MR) is 80.0 cm³/mol. The summed E-state index contributed by atoms with van der Waals surface area (Å²) in [6, 6.07) is 19.9. The van der Waals surface area contributed by atoms with Crippen LogP contribution in [0.5, 0.6) is 11.5 Å². The molecule has 3 heteroatoms. The molecule has 0 radical (unpaired) electrons. The number of nitriles is 1. The minimum atomic E-state index is -0.150. The standard InChI is InChI=1S/C18H17NO2/c19-13-15-7-5-11-20-18(15)14-6-4-10-17(12-14)21-16-8-2-1-3-9-16/h1-4,6,8-10,12,15,18H,5,7,11H2. The highest BCUT2D eigenvalue weighted by atomic mass is 16.5. The summed E-state index contributed by atoms with van der Waals surface area (Å²) >= 11 is 0. The smallest absolute Gasteiger partial charge is 0.127 e. The van der Waals surface area contributed by atoms with E-state index in [1.54, 1.807) is 0 Å². The van der Waals surface area contributed by atoms with Gasteiger partial charge in [-0.2, -0.15) is 5.26 Å². The van der Waals surface area contributed by atoms with Crippen LogP contribution in [-0.4, -0.2) is 6.61 Å². The molecule has 0 amide bonds. The molecule has 2 aromatic rings. The molecule has 2 unspecified atom stereocenters. The van der Waals surface area contributed by atoms with Gasteiger partial charge in [-0.05, 0) is 42.7 Å². The van der Waals surface area contributed by atoms with E-state index >= 15 is 0 Å². The molecule has 0 spiro atoms. The molecular weight excluding hydrogens is 262 g/mol. The highest BCUT2D eigenvalue weighted by Gasteiger charge is 2.27. The van der Waals surface area contributed by atoms with Crippen molar-refractivity contribution in [2.24, 2.45) is 5.92 Å². The van der Waals surface area contributed by atoms with Crippen molar-refractivity contribution in [1.29, 1.82) is 5.26 Å². The van der Waals surface area contributed by atoms with Gasteiger partial charge in [-0.25, -0.2) is 0 Å². The van der Waals surface area contributed by atoms with E-state index in [-0.39, 0.29) is 12.0 Å². The summed E-state index contributed by atoms with van der Waals surface area (Å²) in [5.74, 6) is 1.49. The van der Waals surface area contributed by atoms with Crippen LogP contribution in [0.1, 0.15) is 24.5 Å². The van der Waals surface area contributed by atoms with Gasteiger partial charge in [0.2, 0.25) is 0 Å². The summed E-state index contributed by atoms with van der Waals surface area (Å²) < 4.78 is 11.6. The maximum Gasteiger partial charge on any atom is 0.127 e. The quantitative estimate of drug-likeness (QED) is 0.832. The summed E-state index contributed by atoms with van der Waals surface area (Å²) in [6.45, 7) is 0.715. The van der Waals surface area contributed by atoms with Crippen molar-refractivity contribution in [1.82, 2.24) is 0 Å². The van der Waals surface area contributed by atoms with Crippen molar-refractivity contribution in [2.75, 3.05) is 6.61 Å². The minimum Gasteiger partial charge on any atom is -0.457 e. The molecule has 3 nitrogen and oxygen atoms in total. The van der Waals surface area contributed by atoms with Crippen molar-refractivity contribution in [3.63, 3.8) is 0 Å². The molecule has 0 bridgehead atoms. The van der Waals surface area contributed by atoms with Crippen molar-refractivity contribution >= 4 is 0 Å². The van der Waals surface area contributed by atoms with Gasteiger partial charge in [0.15, 0.2) is 0 Å². The molecule has 1 aliphatic rings. The number of ether oxygens (including phenoxy) is 2. The fourth-order valence-corrected chi connectivity index (χ4v) is 2.62. The number of hydrogen-bond acceptors (Lipinski definition) is 3. The lowest BCUT2D eigenvalue weighted by molar-refractivity contribution is -0.0102. The first kappa shape index (κ1) is 13.7. The summed E-state index contributed by atoms with van der Waals surface area (Å²) in [5, 5.41) is 9.27. The lowest BCUT2D eigenvalue weighted by Gasteiger charge is -2.27. The average Bonchev–Trinajstić information content (AvgIpc) is 2.56. The molecule has 2 atom stereocenters. The second-order valence-corrected chi connectivity index (χ2v) is 5.16. The van der Waals surface area contributed by atoms with Gasteiger partial charge in [0.25, 0.3) is 0 Å². The summed E-state index contributed by atoms with van der Waals surface area (Å²) in [6.07, 6.45) is 1.70. The van der Waals surface area contributed by atoms with E-state index in [4.69, 9.17) is 9.47 Å². The largest absolute Gasteiger partial charge is 0.457 e. The number of benzene rings is 2. The maximum absolute atomic E-state index is 9.27. The Labute approximate surface area is 124 Å². The Balaban J connectivity index is 1.81. The van der Waals surface area contributed by atoms with Gasteiger partial charge >= 0.3 is 0 Å². The van der Waals surface area contributed by atoms with Gasteiger partial charge in [-0.1, -0.05) is 30.3 Å². The van der Waals surface area contributed by atoms with Crippen LogP contribution < -0.4 is 4.74 Å². The van der Waals surface area contributed by atoms with E-state index in [1.165, 1.54) is 0 Å². The molecule has 1 aliphatic heterocycles. The molecule has 1 fully saturated rings.